The molecule has 0 spiro atoms. The predicted molar refractivity (Wildman–Crippen MR) is 84.3 cm³/mol. The highest BCUT2D eigenvalue weighted by Crippen LogP contribution is 2.33. The van der Waals surface area contributed by atoms with Gasteiger partial charge in [-0.3, -0.25) is 0 Å². The van der Waals surface area contributed by atoms with Crippen molar-refractivity contribution in [2.24, 2.45) is 0 Å². The Morgan fingerprint density at radius 1 is 1.17 bits per heavy atom. The molecule has 2 aromatic heterocycles. The smallest absolute Gasteiger partial charge is 0.329 e. The first kappa shape index (κ1) is 16.6. The minimum Gasteiger partial charge on any atom is -0.329 e. The lowest BCUT2D eigenvalue weighted by molar-refractivity contribution is -0.137. The number of alkyl halides is 3. The molecule has 0 aliphatic rings. The zero-order valence-corrected chi connectivity index (χ0v) is 13.5. The molecular weight excluding hydrogens is 341 g/mol. The number of halogens is 4. The Morgan fingerprint density at radius 3 is 2.62 bits per heavy atom. The Kier molecular flexibility index (Phi) is 4.36. The molecule has 0 unspecified atom stereocenters. The first-order valence-electron chi connectivity index (χ1n) is 7.30. The highest BCUT2D eigenvalue weighted by Gasteiger charge is 2.31. The standard InChI is InChI=1S/C16H14ClF3N4/c1-2-15-21-6-8-23(15)10-12-5-7-24(22-12)14-4-3-11(9-13(14)17)16(18,19)20/h3-9H,2,10H2,1H3. The van der Waals surface area contributed by atoms with E-state index in [1.54, 1.807) is 18.5 Å². The molecule has 0 atom stereocenters. The first-order valence-corrected chi connectivity index (χ1v) is 7.68. The van der Waals surface area contributed by atoms with E-state index in [2.05, 4.69) is 10.1 Å². The van der Waals surface area contributed by atoms with E-state index in [1.807, 2.05) is 17.7 Å². The van der Waals surface area contributed by atoms with Crippen molar-refractivity contribution in [1.29, 1.82) is 0 Å². The second-order valence-corrected chi connectivity index (χ2v) is 5.65. The SMILES string of the molecule is CCc1nccn1Cc1ccn(-c2ccc(C(F)(F)F)cc2Cl)n1. The fourth-order valence-corrected chi connectivity index (χ4v) is 2.69. The molecule has 0 fully saturated rings. The van der Waals surface area contributed by atoms with Crippen LogP contribution in [0.15, 0.2) is 42.9 Å². The third-order valence-corrected chi connectivity index (χ3v) is 3.92. The molecular formula is C16H14ClF3N4. The van der Waals surface area contributed by atoms with Crippen LogP contribution in [0.25, 0.3) is 5.69 Å². The molecule has 126 valence electrons. The molecule has 1 aromatic carbocycles. The van der Waals surface area contributed by atoms with Crippen molar-refractivity contribution in [1.82, 2.24) is 19.3 Å². The Bertz CT molecular complexity index is 851. The zero-order chi connectivity index (χ0) is 17.3. The molecule has 0 aliphatic heterocycles. The second-order valence-electron chi connectivity index (χ2n) is 5.24. The molecule has 24 heavy (non-hydrogen) atoms. The van der Waals surface area contributed by atoms with E-state index in [0.29, 0.717) is 12.2 Å². The number of imidazole rings is 1. The van der Waals surface area contributed by atoms with Gasteiger partial charge in [0.1, 0.15) is 5.82 Å². The van der Waals surface area contributed by atoms with Gasteiger partial charge < -0.3 is 4.57 Å². The second kappa shape index (κ2) is 6.32. The molecule has 0 aliphatic carbocycles. The quantitative estimate of drug-likeness (QED) is 0.698. The van der Waals surface area contributed by atoms with Crippen molar-refractivity contribution >= 4 is 11.6 Å². The summed E-state index contributed by atoms with van der Waals surface area (Å²) in [5.41, 5.74) is 0.380. The van der Waals surface area contributed by atoms with Gasteiger partial charge >= 0.3 is 6.18 Å². The molecule has 4 nitrogen and oxygen atoms in total. The molecule has 0 saturated carbocycles. The Morgan fingerprint density at radius 2 is 1.96 bits per heavy atom. The van der Waals surface area contributed by atoms with Crippen molar-refractivity contribution < 1.29 is 13.2 Å². The average Bonchev–Trinajstić information content (AvgIpc) is 3.16. The fraction of sp³-hybridized carbons (Fsp3) is 0.250. The van der Waals surface area contributed by atoms with Gasteiger partial charge in [-0.25, -0.2) is 9.67 Å². The van der Waals surface area contributed by atoms with Crippen LogP contribution in [0.3, 0.4) is 0 Å². The van der Waals surface area contributed by atoms with Gasteiger partial charge in [0, 0.05) is 25.0 Å². The number of nitrogens with zero attached hydrogens (tertiary/aromatic N) is 4. The van der Waals surface area contributed by atoms with E-state index in [-0.39, 0.29) is 5.02 Å². The summed E-state index contributed by atoms with van der Waals surface area (Å²) in [6.45, 7) is 2.55. The number of benzene rings is 1. The van der Waals surface area contributed by atoms with Gasteiger partial charge in [-0.05, 0) is 24.3 Å². The van der Waals surface area contributed by atoms with Gasteiger partial charge in [-0.15, -0.1) is 0 Å². The minimum absolute atomic E-state index is 0.00338. The van der Waals surface area contributed by atoms with Gasteiger partial charge in [-0.2, -0.15) is 18.3 Å². The summed E-state index contributed by atoms with van der Waals surface area (Å²) >= 11 is 5.99. The lowest BCUT2D eigenvalue weighted by atomic mass is 10.2. The minimum atomic E-state index is -4.42. The largest absolute Gasteiger partial charge is 0.416 e. The van der Waals surface area contributed by atoms with Crippen LogP contribution in [0, 0.1) is 0 Å². The van der Waals surface area contributed by atoms with Crippen LogP contribution < -0.4 is 0 Å². The van der Waals surface area contributed by atoms with Crippen LogP contribution in [0.1, 0.15) is 24.0 Å². The van der Waals surface area contributed by atoms with Crippen LogP contribution in [0.5, 0.6) is 0 Å². The van der Waals surface area contributed by atoms with Crippen molar-refractivity contribution in [3.63, 3.8) is 0 Å². The summed E-state index contributed by atoms with van der Waals surface area (Å²) in [4.78, 5) is 4.24. The molecule has 0 amide bonds. The molecule has 3 rings (SSSR count). The fourth-order valence-electron chi connectivity index (χ4n) is 2.42. The van der Waals surface area contributed by atoms with E-state index in [9.17, 15) is 13.2 Å². The summed E-state index contributed by atoms with van der Waals surface area (Å²) in [5, 5.41) is 4.38. The van der Waals surface area contributed by atoms with Crippen LogP contribution in [-0.4, -0.2) is 19.3 Å². The average molecular weight is 355 g/mol. The van der Waals surface area contributed by atoms with Crippen LogP contribution in [0.4, 0.5) is 13.2 Å². The maximum absolute atomic E-state index is 12.7. The van der Waals surface area contributed by atoms with E-state index in [0.717, 1.165) is 30.1 Å². The highest BCUT2D eigenvalue weighted by molar-refractivity contribution is 6.32. The number of aryl methyl sites for hydroxylation is 1. The van der Waals surface area contributed by atoms with Gasteiger partial charge in [0.25, 0.3) is 0 Å². The molecule has 0 radical (unpaired) electrons. The maximum atomic E-state index is 12.7. The summed E-state index contributed by atoms with van der Waals surface area (Å²) < 4.78 is 41.5. The molecule has 8 heteroatoms. The van der Waals surface area contributed by atoms with Crippen LogP contribution in [0.2, 0.25) is 5.02 Å². The van der Waals surface area contributed by atoms with Gasteiger partial charge in [-0.1, -0.05) is 18.5 Å². The maximum Gasteiger partial charge on any atom is 0.416 e. The van der Waals surface area contributed by atoms with Gasteiger partial charge in [0.15, 0.2) is 0 Å². The number of hydrogen-bond acceptors (Lipinski definition) is 2. The summed E-state index contributed by atoms with van der Waals surface area (Å²) in [6, 6.07) is 5.01. The van der Waals surface area contributed by atoms with Crippen LogP contribution in [-0.2, 0) is 19.1 Å². The number of aromatic nitrogens is 4. The van der Waals surface area contributed by atoms with Crippen LogP contribution >= 0.6 is 11.6 Å². The van der Waals surface area contributed by atoms with Crippen molar-refractivity contribution in [3.05, 3.63) is 65.0 Å². The normalized spacial score (nSPS) is 11.9. The van der Waals surface area contributed by atoms with E-state index in [4.69, 9.17) is 11.6 Å². The third kappa shape index (κ3) is 3.31. The molecule has 2 heterocycles. The monoisotopic (exact) mass is 354 g/mol. The molecule has 0 saturated heterocycles. The molecule has 3 aromatic rings. The lowest BCUT2D eigenvalue weighted by Crippen LogP contribution is -2.07. The summed E-state index contributed by atoms with van der Waals surface area (Å²) in [5.74, 6) is 0.942. The van der Waals surface area contributed by atoms with Crippen molar-refractivity contribution in [3.8, 4) is 5.69 Å². The van der Waals surface area contributed by atoms with Crippen molar-refractivity contribution in [2.75, 3.05) is 0 Å². The van der Waals surface area contributed by atoms with Gasteiger partial charge in [0.2, 0.25) is 0 Å². The Hall–Kier alpha value is -2.28. The number of rotatable bonds is 4. The first-order chi connectivity index (χ1) is 11.4. The summed E-state index contributed by atoms with van der Waals surface area (Å²) in [7, 11) is 0. The Labute approximate surface area is 141 Å². The van der Waals surface area contributed by atoms with Gasteiger partial charge in [0.05, 0.1) is 28.5 Å². The Balaban J connectivity index is 1.86. The van der Waals surface area contributed by atoms with E-state index < -0.39 is 11.7 Å². The van der Waals surface area contributed by atoms with E-state index >= 15 is 0 Å². The predicted octanol–water partition coefficient (Wildman–Crippen LogP) is 4.35. The molecule has 0 bridgehead atoms. The zero-order valence-electron chi connectivity index (χ0n) is 12.8. The third-order valence-electron chi connectivity index (χ3n) is 3.62. The van der Waals surface area contributed by atoms with E-state index in [1.165, 1.54) is 10.7 Å². The van der Waals surface area contributed by atoms with Crippen molar-refractivity contribution in [2.45, 2.75) is 26.1 Å². The molecule has 0 N–H and O–H groups in total. The topological polar surface area (TPSA) is 35.6 Å². The lowest BCUT2D eigenvalue weighted by Gasteiger charge is -2.10. The summed E-state index contributed by atoms with van der Waals surface area (Å²) in [6.07, 6.45) is 1.64. The number of hydrogen-bond donors (Lipinski definition) is 0. The highest BCUT2D eigenvalue weighted by atomic mass is 35.5.